The van der Waals surface area contributed by atoms with E-state index in [1.807, 2.05) is 12.1 Å². The summed E-state index contributed by atoms with van der Waals surface area (Å²) < 4.78 is 11.1. The van der Waals surface area contributed by atoms with Crippen LogP contribution in [0.25, 0.3) is 22.2 Å². The highest BCUT2D eigenvalue weighted by Gasteiger charge is 2.35. The lowest BCUT2D eigenvalue weighted by Gasteiger charge is -2.43. The summed E-state index contributed by atoms with van der Waals surface area (Å²) in [5.74, 6) is 2.68. The molecule has 2 aromatic carbocycles. The van der Waals surface area contributed by atoms with E-state index < -0.39 is 0 Å². The SMILES string of the molecule is COc1ccc(-c2[nH]c3ccc(C4CCN(C(=O)CC5CC(NC(=O)C6CCCNC6)CCN5C(C)C)CC4)cc3c2C(C)C)cc1OC. The van der Waals surface area contributed by atoms with E-state index in [0.717, 1.165) is 99.5 Å². The predicted octanol–water partition coefficient (Wildman–Crippen LogP) is 6.43. The Labute approximate surface area is 292 Å². The van der Waals surface area contributed by atoms with E-state index in [-0.39, 0.29) is 29.8 Å². The third-order valence-corrected chi connectivity index (χ3v) is 11.3. The predicted molar refractivity (Wildman–Crippen MR) is 196 cm³/mol. The first-order valence-corrected chi connectivity index (χ1v) is 18.6. The molecule has 3 aliphatic rings. The molecule has 6 rings (SSSR count). The molecule has 0 spiro atoms. The number of likely N-dealkylation sites (tertiary alicyclic amines) is 2. The maximum absolute atomic E-state index is 13.8. The van der Waals surface area contributed by atoms with Crippen molar-refractivity contribution < 1.29 is 19.1 Å². The van der Waals surface area contributed by atoms with Crippen LogP contribution in [0.1, 0.15) is 95.6 Å². The van der Waals surface area contributed by atoms with Crippen molar-refractivity contribution in [2.45, 2.75) is 103 Å². The zero-order valence-electron chi connectivity index (χ0n) is 30.4. The highest BCUT2D eigenvalue weighted by Crippen LogP contribution is 2.40. The number of aromatic amines is 1. The first kappa shape index (κ1) is 35.3. The minimum absolute atomic E-state index is 0.0628. The number of carbonyl (C=O) groups is 2. The number of hydrogen-bond acceptors (Lipinski definition) is 6. The van der Waals surface area contributed by atoms with Gasteiger partial charge in [-0.15, -0.1) is 0 Å². The molecular weight excluding hydrogens is 614 g/mol. The Morgan fingerprint density at radius 2 is 1.71 bits per heavy atom. The number of methoxy groups -OCH3 is 2. The lowest BCUT2D eigenvalue weighted by molar-refractivity contribution is -0.134. The van der Waals surface area contributed by atoms with Crippen LogP contribution in [-0.4, -0.2) is 91.7 Å². The summed E-state index contributed by atoms with van der Waals surface area (Å²) in [6, 6.07) is 13.6. The number of nitrogens with one attached hydrogen (secondary N) is 3. The second-order valence-corrected chi connectivity index (χ2v) is 15.1. The molecule has 0 radical (unpaired) electrons. The molecule has 0 bridgehead atoms. The van der Waals surface area contributed by atoms with Gasteiger partial charge in [-0.2, -0.15) is 0 Å². The molecule has 9 nitrogen and oxygen atoms in total. The van der Waals surface area contributed by atoms with Gasteiger partial charge in [-0.05, 0) is 112 Å². The molecule has 3 aliphatic heterocycles. The van der Waals surface area contributed by atoms with Gasteiger partial charge < -0.3 is 30.0 Å². The van der Waals surface area contributed by atoms with Gasteiger partial charge in [-0.3, -0.25) is 14.5 Å². The third-order valence-electron chi connectivity index (χ3n) is 11.3. The number of piperidine rings is 3. The van der Waals surface area contributed by atoms with Crippen molar-refractivity contribution >= 4 is 22.7 Å². The number of fused-ring (bicyclic) bond motifs is 1. The number of rotatable bonds is 10. The molecule has 3 atom stereocenters. The van der Waals surface area contributed by atoms with Gasteiger partial charge >= 0.3 is 0 Å². The lowest BCUT2D eigenvalue weighted by Crippen LogP contribution is -2.55. The molecule has 3 aromatic rings. The summed E-state index contributed by atoms with van der Waals surface area (Å²) >= 11 is 0. The highest BCUT2D eigenvalue weighted by molar-refractivity contribution is 5.92. The quantitative estimate of drug-likeness (QED) is 0.230. The second kappa shape index (κ2) is 15.5. The highest BCUT2D eigenvalue weighted by atomic mass is 16.5. The van der Waals surface area contributed by atoms with Gasteiger partial charge in [-0.25, -0.2) is 0 Å². The Hall–Kier alpha value is -3.56. The molecule has 9 heteroatoms. The smallest absolute Gasteiger partial charge is 0.224 e. The number of H-pyrrole nitrogens is 1. The van der Waals surface area contributed by atoms with Crippen LogP contribution in [0, 0.1) is 5.92 Å². The lowest BCUT2D eigenvalue weighted by atomic mass is 9.87. The average Bonchev–Trinajstić information content (AvgIpc) is 3.51. The molecule has 3 saturated heterocycles. The molecule has 49 heavy (non-hydrogen) atoms. The summed E-state index contributed by atoms with van der Waals surface area (Å²) in [6.45, 7) is 13.2. The Morgan fingerprint density at radius 1 is 0.939 bits per heavy atom. The Bertz CT molecular complexity index is 1600. The molecule has 266 valence electrons. The van der Waals surface area contributed by atoms with E-state index in [4.69, 9.17) is 9.47 Å². The van der Waals surface area contributed by atoms with Crippen molar-refractivity contribution in [2.75, 3.05) is 46.9 Å². The fraction of sp³-hybridized carbons (Fsp3) is 0.600. The van der Waals surface area contributed by atoms with E-state index in [9.17, 15) is 9.59 Å². The normalized spacial score (nSPS) is 22.5. The number of aromatic nitrogens is 1. The Morgan fingerprint density at radius 3 is 2.39 bits per heavy atom. The van der Waals surface area contributed by atoms with Crippen molar-refractivity contribution in [2.24, 2.45) is 5.92 Å². The van der Waals surface area contributed by atoms with Crippen LogP contribution in [0.4, 0.5) is 0 Å². The molecule has 1 aromatic heterocycles. The van der Waals surface area contributed by atoms with E-state index in [1.165, 1.54) is 16.5 Å². The van der Waals surface area contributed by atoms with Gasteiger partial charge in [0, 0.05) is 67.2 Å². The zero-order valence-corrected chi connectivity index (χ0v) is 30.4. The van der Waals surface area contributed by atoms with Crippen molar-refractivity contribution in [1.82, 2.24) is 25.4 Å². The van der Waals surface area contributed by atoms with Gasteiger partial charge in [0.25, 0.3) is 0 Å². The Kier molecular flexibility index (Phi) is 11.2. The number of nitrogens with zero attached hydrogens (tertiary/aromatic N) is 2. The summed E-state index contributed by atoms with van der Waals surface area (Å²) in [5.41, 5.74) is 6.00. The molecule has 3 N–H and O–H groups in total. The largest absolute Gasteiger partial charge is 0.493 e. The summed E-state index contributed by atoms with van der Waals surface area (Å²) in [7, 11) is 3.33. The first-order valence-electron chi connectivity index (χ1n) is 18.6. The van der Waals surface area contributed by atoms with Crippen LogP contribution < -0.4 is 20.1 Å². The number of benzene rings is 2. The fourth-order valence-electron chi connectivity index (χ4n) is 8.57. The van der Waals surface area contributed by atoms with Crippen LogP contribution in [0.5, 0.6) is 11.5 Å². The summed E-state index contributed by atoms with van der Waals surface area (Å²) in [6.07, 6.45) is 6.25. The minimum atomic E-state index is 0.0628. The number of hydrogen-bond donors (Lipinski definition) is 3. The molecule has 0 saturated carbocycles. The van der Waals surface area contributed by atoms with Crippen molar-refractivity contribution in [3.05, 3.63) is 47.5 Å². The van der Waals surface area contributed by atoms with Crippen LogP contribution in [0.3, 0.4) is 0 Å². The maximum Gasteiger partial charge on any atom is 0.224 e. The molecule has 3 fully saturated rings. The molecular formula is C40H57N5O4. The number of ether oxygens (including phenoxy) is 2. The molecule has 2 amide bonds. The second-order valence-electron chi connectivity index (χ2n) is 15.1. The molecule has 4 heterocycles. The van der Waals surface area contributed by atoms with Crippen LogP contribution >= 0.6 is 0 Å². The van der Waals surface area contributed by atoms with Crippen LogP contribution in [0.15, 0.2) is 36.4 Å². The average molecular weight is 672 g/mol. The van der Waals surface area contributed by atoms with Crippen LogP contribution in [-0.2, 0) is 9.59 Å². The van der Waals surface area contributed by atoms with Gasteiger partial charge in [0.1, 0.15) is 0 Å². The van der Waals surface area contributed by atoms with Crippen molar-refractivity contribution in [1.29, 1.82) is 0 Å². The molecule has 0 aliphatic carbocycles. The number of amides is 2. The monoisotopic (exact) mass is 671 g/mol. The molecule has 3 unspecified atom stereocenters. The standard InChI is InChI=1S/C40H57N5O4/c1-25(2)38-33-20-28(9-11-34(33)43-39(38)29-10-12-35(48-5)36(21-29)49-6)27-13-17-44(18-14-27)37(46)23-32-22-31(15-19-45(32)26(3)4)42-40(47)30-8-7-16-41-24-30/h9-12,20-21,25-27,30-32,41,43H,7-8,13-19,22-24H2,1-6H3,(H,42,47). The van der Waals surface area contributed by atoms with Gasteiger partial charge in [0.15, 0.2) is 11.5 Å². The van der Waals surface area contributed by atoms with E-state index >= 15 is 0 Å². The maximum atomic E-state index is 13.8. The van der Waals surface area contributed by atoms with Gasteiger partial charge in [-0.1, -0.05) is 19.9 Å². The summed E-state index contributed by atoms with van der Waals surface area (Å²) in [5, 5.41) is 7.98. The summed E-state index contributed by atoms with van der Waals surface area (Å²) in [4.78, 5) is 35.0. The first-order chi connectivity index (χ1) is 23.7. The van der Waals surface area contributed by atoms with Crippen molar-refractivity contribution in [3.8, 4) is 22.8 Å². The van der Waals surface area contributed by atoms with E-state index in [1.54, 1.807) is 14.2 Å². The van der Waals surface area contributed by atoms with Gasteiger partial charge in [0.05, 0.1) is 25.8 Å². The van der Waals surface area contributed by atoms with Crippen molar-refractivity contribution in [3.63, 3.8) is 0 Å². The van der Waals surface area contributed by atoms with E-state index in [2.05, 4.69) is 77.4 Å². The number of carbonyl (C=O) groups excluding carboxylic acids is 2. The Balaban J connectivity index is 1.10. The van der Waals surface area contributed by atoms with Crippen LogP contribution in [0.2, 0.25) is 0 Å². The third kappa shape index (κ3) is 7.78. The van der Waals surface area contributed by atoms with Gasteiger partial charge in [0.2, 0.25) is 11.8 Å². The topological polar surface area (TPSA) is 98.9 Å². The minimum Gasteiger partial charge on any atom is -0.493 e. The fourth-order valence-corrected chi connectivity index (χ4v) is 8.57. The zero-order chi connectivity index (χ0) is 34.7. The van der Waals surface area contributed by atoms with E-state index in [0.29, 0.717) is 24.3 Å².